The Morgan fingerprint density at radius 3 is 2.73 bits per heavy atom. The first-order valence-electron chi connectivity index (χ1n) is 13.1. The normalized spacial score (nSPS) is 14.5. The van der Waals surface area contributed by atoms with Gasteiger partial charge in [-0.05, 0) is 56.3 Å². The molecule has 0 saturated heterocycles. The molecular weight excluding hydrogens is 525 g/mol. The van der Waals surface area contributed by atoms with E-state index >= 15 is 0 Å². The summed E-state index contributed by atoms with van der Waals surface area (Å²) >= 11 is 0. The van der Waals surface area contributed by atoms with Gasteiger partial charge in [0.1, 0.15) is 54.3 Å². The number of aromatic nitrogens is 4. The van der Waals surface area contributed by atoms with E-state index < -0.39 is 6.04 Å². The number of nitrogen functional groups attached to an aromatic ring is 1. The highest BCUT2D eigenvalue weighted by atomic mass is 19.1. The van der Waals surface area contributed by atoms with Gasteiger partial charge in [0.2, 0.25) is 0 Å². The summed E-state index contributed by atoms with van der Waals surface area (Å²) in [5, 5.41) is 5.90. The zero-order valence-electron chi connectivity index (χ0n) is 22.4. The quantitative estimate of drug-likeness (QED) is 0.255. The number of benzene rings is 2. The molecule has 3 aromatic heterocycles. The Hall–Kier alpha value is -5.25. The SMILES string of the molecule is C\C=C(F)/C=C\C=C\c1c(C(C)n2nc(-c3ccc4c(c3)OCCO4)c3c(N)ncnc32)oc2ccccc2c1=O. The number of nitrogens with two attached hydrogens (primary N) is 1. The minimum Gasteiger partial charge on any atom is -0.486 e. The van der Waals surface area contributed by atoms with Gasteiger partial charge in [-0.2, -0.15) is 5.10 Å². The van der Waals surface area contributed by atoms with Gasteiger partial charge in [-0.3, -0.25) is 4.79 Å². The second-order valence-corrected chi connectivity index (χ2v) is 9.38. The van der Waals surface area contributed by atoms with Crippen LogP contribution in [0.4, 0.5) is 10.2 Å². The Morgan fingerprint density at radius 2 is 1.90 bits per heavy atom. The lowest BCUT2D eigenvalue weighted by molar-refractivity contribution is 0.171. The molecule has 2 N–H and O–H groups in total. The predicted octanol–water partition coefficient (Wildman–Crippen LogP) is 6.01. The third kappa shape index (κ3) is 4.73. The molecule has 10 heteroatoms. The Labute approximate surface area is 234 Å². The van der Waals surface area contributed by atoms with Crippen molar-refractivity contribution in [1.29, 1.82) is 0 Å². The van der Waals surface area contributed by atoms with Crippen LogP contribution in [0.15, 0.2) is 88.1 Å². The Morgan fingerprint density at radius 1 is 1.10 bits per heavy atom. The molecular formula is C31H26FN5O4. The van der Waals surface area contributed by atoms with Gasteiger partial charge in [0.05, 0.1) is 16.3 Å². The summed E-state index contributed by atoms with van der Waals surface area (Å²) in [6.45, 7) is 4.39. The molecule has 0 spiro atoms. The molecule has 2 aromatic carbocycles. The molecule has 1 aliphatic heterocycles. The van der Waals surface area contributed by atoms with E-state index in [1.165, 1.54) is 24.6 Å². The number of rotatable bonds is 6. The summed E-state index contributed by atoms with van der Waals surface area (Å²) < 4.78 is 33.0. The van der Waals surface area contributed by atoms with Crippen LogP contribution in [0.5, 0.6) is 11.5 Å². The molecule has 4 heterocycles. The van der Waals surface area contributed by atoms with Gasteiger partial charge in [-0.1, -0.05) is 30.4 Å². The fourth-order valence-electron chi connectivity index (χ4n) is 4.81. The van der Waals surface area contributed by atoms with Crippen LogP contribution in [0.2, 0.25) is 0 Å². The van der Waals surface area contributed by atoms with Crippen molar-refractivity contribution in [1.82, 2.24) is 19.7 Å². The van der Waals surface area contributed by atoms with E-state index in [0.29, 0.717) is 63.7 Å². The number of nitrogens with zero attached hydrogens (tertiary/aromatic N) is 4. The van der Waals surface area contributed by atoms with Gasteiger partial charge in [0.25, 0.3) is 0 Å². The summed E-state index contributed by atoms with van der Waals surface area (Å²) in [6.07, 6.45) is 8.76. The number of para-hydroxylation sites is 1. The summed E-state index contributed by atoms with van der Waals surface area (Å²) in [6, 6.07) is 12.0. The van der Waals surface area contributed by atoms with Gasteiger partial charge in [0.15, 0.2) is 22.6 Å². The standard InChI is InChI=1S/C31H26FN5O4/c1-3-20(32)8-4-5-10-22-28(38)21-9-6-7-11-23(21)41-29(22)18(2)37-31-26(30(33)34-17-35-31)27(36-37)19-12-13-24-25(16-19)40-15-14-39-24/h3-13,16-18H,14-15H2,1-2H3,(H2,33,34,35)/b8-4-,10-5+,20-3+. The smallest absolute Gasteiger partial charge is 0.200 e. The van der Waals surface area contributed by atoms with Crippen molar-refractivity contribution >= 4 is 33.9 Å². The molecule has 0 fully saturated rings. The average Bonchev–Trinajstić information content (AvgIpc) is 3.40. The van der Waals surface area contributed by atoms with Crippen LogP contribution in [0.25, 0.3) is 39.3 Å². The lowest BCUT2D eigenvalue weighted by Crippen LogP contribution is -2.16. The van der Waals surface area contributed by atoms with Crippen LogP contribution in [0, 0.1) is 0 Å². The number of hydrogen-bond acceptors (Lipinski definition) is 8. The van der Waals surface area contributed by atoms with Gasteiger partial charge in [-0.25, -0.2) is 19.0 Å². The Balaban J connectivity index is 1.53. The largest absolute Gasteiger partial charge is 0.486 e. The van der Waals surface area contributed by atoms with Crippen molar-refractivity contribution < 1.29 is 18.3 Å². The zero-order chi connectivity index (χ0) is 28.5. The monoisotopic (exact) mass is 551 g/mol. The fourth-order valence-corrected chi connectivity index (χ4v) is 4.81. The van der Waals surface area contributed by atoms with E-state index in [2.05, 4.69) is 9.97 Å². The van der Waals surface area contributed by atoms with Gasteiger partial charge in [0, 0.05) is 5.56 Å². The molecule has 0 bridgehead atoms. The molecule has 0 saturated carbocycles. The number of ether oxygens (including phenoxy) is 2. The van der Waals surface area contributed by atoms with Crippen LogP contribution in [-0.4, -0.2) is 33.0 Å². The predicted molar refractivity (Wildman–Crippen MR) is 155 cm³/mol. The lowest BCUT2D eigenvalue weighted by Gasteiger charge is -2.18. The number of anilines is 1. The van der Waals surface area contributed by atoms with E-state index in [0.717, 1.165) is 5.56 Å². The molecule has 1 aliphatic rings. The van der Waals surface area contributed by atoms with Crippen molar-refractivity contribution in [3.8, 4) is 22.8 Å². The Kier molecular flexibility index (Phi) is 6.80. The lowest BCUT2D eigenvalue weighted by atomic mass is 10.1. The maximum Gasteiger partial charge on any atom is 0.200 e. The molecule has 206 valence electrons. The fraction of sp³-hybridized carbons (Fsp3) is 0.161. The van der Waals surface area contributed by atoms with Crippen LogP contribution >= 0.6 is 0 Å². The number of allylic oxidation sites excluding steroid dienone is 5. The van der Waals surface area contributed by atoms with Crippen molar-refractivity contribution in [2.75, 3.05) is 18.9 Å². The van der Waals surface area contributed by atoms with Crippen LogP contribution in [0.3, 0.4) is 0 Å². The molecule has 6 rings (SSSR count). The molecule has 5 aromatic rings. The highest BCUT2D eigenvalue weighted by molar-refractivity contribution is 5.98. The summed E-state index contributed by atoms with van der Waals surface area (Å²) in [5.74, 6) is 1.49. The zero-order valence-corrected chi connectivity index (χ0v) is 22.4. The number of hydrogen-bond donors (Lipinski definition) is 1. The van der Waals surface area contributed by atoms with Crippen molar-refractivity contribution in [2.45, 2.75) is 19.9 Å². The second kappa shape index (κ2) is 10.7. The summed E-state index contributed by atoms with van der Waals surface area (Å²) in [4.78, 5) is 22.3. The topological polar surface area (TPSA) is 118 Å². The average molecular weight is 552 g/mol. The third-order valence-corrected chi connectivity index (χ3v) is 6.85. The number of fused-ring (bicyclic) bond motifs is 3. The van der Waals surface area contributed by atoms with Crippen molar-refractivity contribution in [2.24, 2.45) is 0 Å². The maximum absolute atomic E-state index is 13.6. The first kappa shape index (κ1) is 26.0. The summed E-state index contributed by atoms with van der Waals surface area (Å²) in [7, 11) is 0. The van der Waals surface area contributed by atoms with E-state index in [9.17, 15) is 9.18 Å². The van der Waals surface area contributed by atoms with E-state index in [1.54, 1.807) is 48.0 Å². The highest BCUT2D eigenvalue weighted by Crippen LogP contribution is 2.38. The van der Waals surface area contributed by atoms with E-state index in [1.807, 2.05) is 25.1 Å². The first-order valence-corrected chi connectivity index (χ1v) is 13.1. The highest BCUT2D eigenvalue weighted by Gasteiger charge is 2.26. The second-order valence-electron chi connectivity index (χ2n) is 9.38. The molecule has 0 radical (unpaired) electrons. The van der Waals surface area contributed by atoms with Crippen molar-refractivity contribution in [3.05, 3.63) is 100 Å². The maximum atomic E-state index is 13.6. The van der Waals surface area contributed by atoms with Crippen LogP contribution < -0.4 is 20.6 Å². The minimum absolute atomic E-state index is 0.220. The van der Waals surface area contributed by atoms with Gasteiger partial charge < -0.3 is 19.6 Å². The number of halogens is 1. The third-order valence-electron chi connectivity index (χ3n) is 6.85. The summed E-state index contributed by atoms with van der Waals surface area (Å²) in [5.41, 5.74) is 8.63. The molecule has 41 heavy (non-hydrogen) atoms. The molecule has 0 amide bonds. The molecule has 0 aliphatic carbocycles. The minimum atomic E-state index is -0.592. The van der Waals surface area contributed by atoms with Crippen LogP contribution in [0.1, 0.15) is 31.2 Å². The molecule has 1 unspecified atom stereocenters. The van der Waals surface area contributed by atoms with Gasteiger partial charge >= 0.3 is 0 Å². The van der Waals surface area contributed by atoms with Crippen molar-refractivity contribution in [3.63, 3.8) is 0 Å². The first-order chi connectivity index (χ1) is 20.0. The molecule has 1 atom stereocenters. The van der Waals surface area contributed by atoms with Gasteiger partial charge in [-0.15, -0.1) is 0 Å². The van der Waals surface area contributed by atoms with E-state index in [-0.39, 0.29) is 17.1 Å². The van der Waals surface area contributed by atoms with E-state index in [4.69, 9.17) is 24.7 Å². The Bertz CT molecular complexity index is 1940. The molecule has 9 nitrogen and oxygen atoms in total. The van der Waals surface area contributed by atoms with Crippen LogP contribution in [-0.2, 0) is 0 Å².